The van der Waals surface area contributed by atoms with Gasteiger partial charge in [0, 0.05) is 27.5 Å². The molecule has 0 bridgehead atoms. The van der Waals surface area contributed by atoms with Crippen molar-refractivity contribution in [1.82, 2.24) is 0 Å². The quantitative estimate of drug-likeness (QED) is 0.722. The molecule has 2 nitrogen and oxygen atoms in total. The van der Waals surface area contributed by atoms with E-state index in [0.29, 0.717) is 0 Å². The third-order valence-electron chi connectivity index (χ3n) is 2.74. The lowest BCUT2D eigenvalue weighted by atomic mass is 10.1. The van der Waals surface area contributed by atoms with E-state index >= 15 is 0 Å². The molecule has 0 radical (unpaired) electrons. The van der Waals surface area contributed by atoms with E-state index in [1.54, 1.807) is 22.7 Å². The minimum absolute atomic E-state index is 0.869. The monoisotopic (exact) mass is 298 g/mol. The van der Waals surface area contributed by atoms with Gasteiger partial charge in [-0.05, 0) is 18.2 Å². The van der Waals surface area contributed by atoms with Crippen molar-refractivity contribution >= 4 is 34.4 Å². The zero-order valence-electron chi connectivity index (χ0n) is 9.89. The maximum Gasteiger partial charge on any atom is 0.143 e. The SMILES string of the molecule is c1scc2c1CCCO2.c1scc2c1OCCS2. The second kappa shape index (κ2) is 5.99. The van der Waals surface area contributed by atoms with Gasteiger partial charge in [0.2, 0.25) is 0 Å². The smallest absolute Gasteiger partial charge is 0.143 e. The predicted molar refractivity (Wildman–Crippen MR) is 78.7 cm³/mol. The van der Waals surface area contributed by atoms with E-state index in [1.165, 1.54) is 23.3 Å². The van der Waals surface area contributed by atoms with Crippen LogP contribution in [0.5, 0.6) is 11.5 Å². The fraction of sp³-hybridized carbons (Fsp3) is 0.385. The molecule has 0 fully saturated rings. The highest BCUT2D eigenvalue weighted by molar-refractivity contribution is 7.99. The van der Waals surface area contributed by atoms with Crippen LogP contribution in [0.2, 0.25) is 0 Å². The zero-order chi connectivity index (χ0) is 12.2. The summed E-state index contributed by atoms with van der Waals surface area (Å²) in [7, 11) is 0. The Labute approximate surface area is 119 Å². The first kappa shape index (κ1) is 12.4. The summed E-state index contributed by atoms with van der Waals surface area (Å²) in [6.45, 7) is 1.78. The predicted octanol–water partition coefficient (Wildman–Crippen LogP) is 4.31. The topological polar surface area (TPSA) is 18.5 Å². The average Bonchev–Trinajstić information content (AvgIpc) is 3.08. The lowest BCUT2D eigenvalue weighted by molar-refractivity contribution is 0.290. The molecule has 0 amide bonds. The van der Waals surface area contributed by atoms with E-state index in [2.05, 4.69) is 21.5 Å². The molecule has 96 valence electrons. The molecular weight excluding hydrogens is 284 g/mol. The van der Waals surface area contributed by atoms with Crippen LogP contribution >= 0.6 is 34.4 Å². The Balaban J connectivity index is 0.000000111. The number of hydrogen-bond donors (Lipinski definition) is 0. The first-order valence-electron chi connectivity index (χ1n) is 5.93. The molecule has 0 N–H and O–H groups in total. The third-order valence-corrected chi connectivity index (χ3v) is 5.38. The highest BCUT2D eigenvalue weighted by Crippen LogP contribution is 2.35. The number of aryl methyl sites for hydroxylation is 1. The summed E-state index contributed by atoms with van der Waals surface area (Å²) in [6.07, 6.45) is 2.39. The van der Waals surface area contributed by atoms with Crippen LogP contribution in [0.3, 0.4) is 0 Å². The first-order valence-corrected chi connectivity index (χ1v) is 8.80. The Bertz CT molecular complexity index is 417. The Kier molecular flexibility index (Phi) is 4.13. The van der Waals surface area contributed by atoms with E-state index < -0.39 is 0 Å². The third kappa shape index (κ3) is 2.84. The molecule has 0 aromatic carbocycles. The van der Waals surface area contributed by atoms with Gasteiger partial charge in [-0.2, -0.15) is 0 Å². The molecule has 4 rings (SSSR count). The van der Waals surface area contributed by atoms with Crippen molar-refractivity contribution in [3.63, 3.8) is 0 Å². The summed E-state index contributed by atoms with van der Waals surface area (Å²) in [4.78, 5) is 1.31. The van der Waals surface area contributed by atoms with E-state index in [-0.39, 0.29) is 0 Å². The first-order chi connectivity index (χ1) is 8.93. The number of hydrogen-bond acceptors (Lipinski definition) is 5. The van der Waals surface area contributed by atoms with Crippen molar-refractivity contribution in [2.75, 3.05) is 19.0 Å². The summed E-state index contributed by atoms with van der Waals surface area (Å²) in [6, 6.07) is 0. The van der Waals surface area contributed by atoms with Gasteiger partial charge in [-0.25, -0.2) is 0 Å². The minimum atomic E-state index is 0.869. The van der Waals surface area contributed by atoms with Crippen LogP contribution in [0.15, 0.2) is 26.4 Å². The second-order valence-electron chi connectivity index (χ2n) is 4.01. The van der Waals surface area contributed by atoms with E-state index in [4.69, 9.17) is 9.47 Å². The minimum Gasteiger partial charge on any atom is -0.492 e. The van der Waals surface area contributed by atoms with Crippen molar-refractivity contribution in [3.8, 4) is 11.5 Å². The highest BCUT2D eigenvalue weighted by Gasteiger charge is 2.10. The highest BCUT2D eigenvalue weighted by atomic mass is 32.2. The molecule has 2 aliphatic heterocycles. The molecule has 0 saturated heterocycles. The van der Waals surface area contributed by atoms with Crippen molar-refractivity contribution < 1.29 is 9.47 Å². The molecule has 18 heavy (non-hydrogen) atoms. The van der Waals surface area contributed by atoms with Gasteiger partial charge in [-0.15, -0.1) is 34.4 Å². The normalized spacial score (nSPS) is 16.4. The van der Waals surface area contributed by atoms with Crippen molar-refractivity contribution in [2.45, 2.75) is 17.7 Å². The number of rotatable bonds is 0. The number of thioether (sulfide) groups is 1. The van der Waals surface area contributed by atoms with Crippen LogP contribution in [0.1, 0.15) is 12.0 Å². The van der Waals surface area contributed by atoms with Gasteiger partial charge >= 0.3 is 0 Å². The van der Waals surface area contributed by atoms with Crippen molar-refractivity contribution in [2.24, 2.45) is 0 Å². The van der Waals surface area contributed by atoms with Crippen LogP contribution in [0, 0.1) is 0 Å². The van der Waals surface area contributed by atoms with Crippen LogP contribution in [0.25, 0.3) is 0 Å². The zero-order valence-corrected chi connectivity index (χ0v) is 12.3. The molecule has 0 unspecified atom stereocenters. The fourth-order valence-corrected chi connectivity index (χ4v) is 4.45. The van der Waals surface area contributed by atoms with Gasteiger partial charge in [-0.3, -0.25) is 0 Å². The molecule has 0 saturated carbocycles. The molecular formula is C13H14O2S3. The van der Waals surface area contributed by atoms with Crippen molar-refractivity contribution in [3.05, 3.63) is 27.1 Å². The molecule has 0 spiro atoms. The lowest BCUT2D eigenvalue weighted by Gasteiger charge is -2.11. The maximum absolute atomic E-state index is 5.37. The fourth-order valence-electron chi connectivity index (χ4n) is 1.85. The van der Waals surface area contributed by atoms with E-state index in [0.717, 1.165) is 30.5 Å². The van der Waals surface area contributed by atoms with Gasteiger partial charge in [0.25, 0.3) is 0 Å². The summed E-state index contributed by atoms with van der Waals surface area (Å²) in [5.74, 6) is 3.30. The van der Waals surface area contributed by atoms with Gasteiger partial charge in [0.15, 0.2) is 0 Å². The molecule has 0 aliphatic carbocycles. The molecule has 0 atom stereocenters. The number of fused-ring (bicyclic) bond motifs is 2. The van der Waals surface area contributed by atoms with Gasteiger partial charge in [0.1, 0.15) is 11.5 Å². The Hall–Kier alpha value is -0.650. The molecule has 4 heterocycles. The van der Waals surface area contributed by atoms with E-state index in [1.807, 2.05) is 11.8 Å². The summed E-state index contributed by atoms with van der Waals surface area (Å²) in [5.41, 5.74) is 1.39. The maximum atomic E-state index is 5.37. The molecule has 2 aromatic rings. The molecule has 2 aromatic heterocycles. The Morgan fingerprint density at radius 1 is 0.889 bits per heavy atom. The van der Waals surface area contributed by atoms with Gasteiger partial charge < -0.3 is 9.47 Å². The van der Waals surface area contributed by atoms with Crippen LogP contribution in [-0.2, 0) is 6.42 Å². The van der Waals surface area contributed by atoms with E-state index in [9.17, 15) is 0 Å². The van der Waals surface area contributed by atoms with Crippen LogP contribution in [0.4, 0.5) is 0 Å². The van der Waals surface area contributed by atoms with Gasteiger partial charge in [0.05, 0.1) is 18.1 Å². The largest absolute Gasteiger partial charge is 0.492 e. The number of thiophene rings is 2. The average molecular weight is 298 g/mol. The van der Waals surface area contributed by atoms with Crippen LogP contribution < -0.4 is 9.47 Å². The summed E-state index contributed by atoms with van der Waals surface area (Å²) in [5, 5.41) is 8.45. The standard InChI is InChI=1S/C7H8OS.C6H6OS2/c1-2-6-4-9-5-7(6)8-3-1;1-2-9-6-4-8-3-5(6)7-1/h4-5H,1-3H2;3-4H,1-2H2. The summed E-state index contributed by atoms with van der Waals surface area (Å²) >= 11 is 5.32. The molecule has 2 aliphatic rings. The van der Waals surface area contributed by atoms with Crippen LogP contribution in [-0.4, -0.2) is 19.0 Å². The van der Waals surface area contributed by atoms with Gasteiger partial charge in [-0.1, -0.05) is 0 Å². The summed E-state index contributed by atoms with van der Waals surface area (Å²) < 4.78 is 10.7. The lowest BCUT2D eigenvalue weighted by Crippen LogP contribution is -2.05. The molecule has 5 heteroatoms. The second-order valence-corrected chi connectivity index (χ2v) is 6.63. The number of ether oxygens (including phenoxy) is 2. The Morgan fingerprint density at radius 3 is 2.61 bits per heavy atom. The van der Waals surface area contributed by atoms with Crippen molar-refractivity contribution in [1.29, 1.82) is 0 Å². The Morgan fingerprint density at radius 2 is 1.72 bits per heavy atom.